The first-order valence-corrected chi connectivity index (χ1v) is 7.99. The van der Waals surface area contributed by atoms with E-state index in [1.807, 2.05) is 24.3 Å². The normalized spacial score (nSPS) is 10.4. The van der Waals surface area contributed by atoms with E-state index in [1.54, 1.807) is 12.1 Å². The fourth-order valence-corrected chi connectivity index (χ4v) is 2.77. The number of hydrogen-bond donors (Lipinski definition) is 0. The van der Waals surface area contributed by atoms with Crippen molar-refractivity contribution in [2.75, 3.05) is 7.11 Å². The van der Waals surface area contributed by atoms with E-state index in [4.69, 9.17) is 9.47 Å². The van der Waals surface area contributed by atoms with Crippen LogP contribution in [0.15, 0.2) is 54.6 Å². The topological polar surface area (TPSA) is 95.7 Å². The third kappa shape index (κ3) is 3.48. The van der Waals surface area contributed by atoms with Crippen molar-refractivity contribution in [3.63, 3.8) is 0 Å². The molecule has 0 saturated carbocycles. The Kier molecular flexibility index (Phi) is 4.85. The molecular weight excluding hydrogens is 350 g/mol. The largest absolute Gasteiger partial charge is 0.465 e. The van der Waals surface area contributed by atoms with Gasteiger partial charge in [-0.2, -0.15) is 0 Å². The molecule has 0 saturated heterocycles. The third-order valence-corrected chi connectivity index (χ3v) is 4.18. The van der Waals surface area contributed by atoms with E-state index >= 15 is 0 Å². The average Bonchev–Trinajstić information content (AvgIpc) is 2.66. The molecule has 0 atom stereocenters. The summed E-state index contributed by atoms with van der Waals surface area (Å²) in [4.78, 5) is 35.2. The molecule has 7 heteroatoms. The molecule has 3 aromatic carbocycles. The molecule has 7 nitrogen and oxygen atoms in total. The monoisotopic (exact) mass is 365 g/mol. The van der Waals surface area contributed by atoms with Gasteiger partial charge >= 0.3 is 11.9 Å². The van der Waals surface area contributed by atoms with Gasteiger partial charge in [0.15, 0.2) is 0 Å². The summed E-state index contributed by atoms with van der Waals surface area (Å²) < 4.78 is 10.2. The second-order valence-corrected chi connectivity index (χ2v) is 5.78. The summed E-state index contributed by atoms with van der Waals surface area (Å²) in [7, 11) is 1.23. The maximum absolute atomic E-state index is 12.6. The first-order valence-electron chi connectivity index (χ1n) is 7.99. The Bertz CT molecular complexity index is 1070. The Labute approximate surface area is 154 Å². The maximum Gasteiger partial charge on any atom is 0.344 e. The zero-order chi connectivity index (χ0) is 19.6. The minimum Gasteiger partial charge on any atom is -0.465 e. The van der Waals surface area contributed by atoms with Crippen LogP contribution in [0.5, 0.6) is 5.75 Å². The summed E-state index contributed by atoms with van der Waals surface area (Å²) in [5.41, 5.74) is 0.143. The van der Waals surface area contributed by atoms with Crippen LogP contribution in [-0.4, -0.2) is 24.0 Å². The molecule has 3 rings (SSSR count). The van der Waals surface area contributed by atoms with Crippen molar-refractivity contribution in [1.82, 2.24) is 0 Å². The molecule has 0 spiro atoms. The zero-order valence-corrected chi connectivity index (χ0v) is 14.6. The predicted molar refractivity (Wildman–Crippen MR) is 98.1 cm³/mol. The fourth-order valence-electron chi connectivity index (χ4n) is 2.77. The van der Waals surface area contributed by atoms with Crippen LogP contribution >= 0.6 is 0 Å². The summed E-state index contributed by atoms with van der Waals surface area (Å²) in [6.45, 7) is 1.47. The van der Waals surface area contributed by atoms with Crippen molar-refractivity contribution in [2.45, 2.75) is 6.92 Å². The second kappa shape index (κ2) is 7.25. The van der Waals surface area contributed by atoms with Crippen LogP contribution in [0.4, 0.5) is 5.69 Å². The Hall–Kier alpha value is -3.74. The van der Waals surface area contributed by atoms with Crippen molar-refractivity contribution in [3.8, 4) is 5.75 Å². The van der Waals surface area contributed by atoms with Gasteiger partial charge in [0.05, 0.1) is 17.6 Å². The molecule has 0 amide bonds. The summed E-state index contributed by atoms with van der Waals surface area (Å²) in [6, 6.07) is 14.5. The lowest BCUT2D eigenvalue weighted by molar-refractivity contribution is -0.385. The van der Waals surface area contributed by atoms with Gasteiger partial charge < -0.3 is 9.47 Å². The molecule has 0 heterocycles. The molecule has 0 radical (unpaired) electrons. The van der Waals surface area contributed by atoms with E-state index in [1.165, 1.54) is 32.2 Å². The Morgan fingerprint density at radius 1 is 0.926 bits per heavy atom. The highest BCUT2D eigenvalue weighted by molar-refractivity contribution is 6.01. The van der Waals surface area contributed by atoms with Gasteiger partial charge in [0.1, 0.15) is 11.3 Å². The third-order valence-electron chi connectivity index (χ3n) is 4.18. The van der Waals surface area contributed by atoms with Gasteiger partial charge in [-0.3, -0.25) is 10.1 Å². The van der Waals surface area contributed by atoms with Gasteiger partial charge in [0.2, 0.25) is 0 Å². The number of hydrogen-bond acceptors (Lipinski definition) is 6. The van der Waals surface area contributed by atoms with Crippen LogP contribution in [0, 0.1) is 17.0 Å². The van der Waals surface area contributed by atoms with Gasteiger partial charge in [-0.15, -0.1) is 0 Å². The molecule has 0 aliphatic carbocycles. The highest BCUT2D eigenvalue weighted by atomic mass is 16.6. The fraction of sp³-hybridized carbons (Fsp3) is 0.100. The van der Waals surface area contributed by atoms with Crippen molar-refractivity contribution >= 4 is 28.4 Å². The standard InChI is InChI=1S/C20H15NO6/c1-12-15(8-5-9-17(12)21(24)25)20(23)27-18-11-14-7-4-3-6-13(14)10-16(18)19(22)26-2/h3-11H,1-2H3. The van der Waals surface area contributed by atoms with Crippen molar-refractivity contribution in [1.29, 1.82) is 0 Å². The minimum atomic E-state index is -0.795. The van der Waals surface area contributed by atoms with E-state index in [0.717, 1.165) is 10.8 Å². The van der Waals surface area contributed by atoms with E-state index in [-0.39, 0.29) is 28.1 Å². The Balaban J connectivity index is 2.06. The molecule has 136 valence electrons. The van der Waals surface area contributed by atoms with Crippen molar-refractivity contribution in [3.05, 3.63) is 81.4 Å². The Morgan fingerprint density at radius 3 is 2.22 bits per heavy atom. The number of carbonyl (C=O) groups excluding carboxylic acids is 2. The van der Waals surface area contributed by atoms with E-state index in [2.05, 4.69) is 0 Å². The number of nitro benzene ring substituents is 1. The van der Waals surface area contributed by atoms with Gasteiger partial charge in [0, 0.05) is 11.6 Å². The summed E-state index contributed by atoms with van der Waals surface area (Å²) in [5, 5.41) is 12.6. The maximum atomic E-state index is 12.6. The molecule has 0 unspecified atom stereocenters. The summed E-state index contributed by atoms with van der Waals surface area (Å²) >= 11 is 0. The predicted octanol–water partition coefficient (Wildman–Crippen LogP) is 4.06. The van der Waals surface area contributed by atoms with Crippen LogP contribution in [0.25, 0.3) is 10.8 Å². The SMILES string of the molecule is COC(=O)c1cc2ccccc2cc1OC(=O)c1cccc([N+](=O)[O-])c1C. The molecule has 0 fully saturated rings. The summed E-state index contributed by atoms with van der Waals surface area (Å²) in [6.07, 6.45) is 0. The Morgan fingerprint density at radius 2 is 1.59 bits per heavy atom. The lowest BCUT2D eigenvalue weighted by Gasteiger charge is -2.11. The van der Waals surface area contributed by atoms with Crippen LogP contribution in [0.2, 0.25) is 0 Å². The number of ether oxygens (including phenoxy) is 2. The number of methoxy groups -OCH3 is 1. The van der Waals surface area contributed by atoms with Gasteiger partial charge in [-0.05, 0) is 35.9 Å². The van der Waals surface area contributed by atoms with Gasteiger partial charge in [-0.1, -0.05) is 30.3 Å². The molecule has 27 heavy (non-hydrogen) atoms. The van der Waals surface area contributed by atoms with E-state index < -0.39 is 16.9 Å². The van der Waals surface area contributed by atoms with Crippen LogP contribution in [0.3, 0.4) is 0 Å². The number of carbonyl (C=O) groups is 2. The van der Waals surface area contributed by atoms with Crippen molar-refractivity contribution < 1.29 is 24.0 Å². The highest BCUT2D eigenvalue weighted by Crippen LogP contribution is 2.29. The molecule has 0 aliphatic heterocycles. The lowest BCUT2D eigenvalue weighted by atomic mass is 10.1. The first kappa shape index (κ1) is 18.1. The number of esters is 2. The minimum absolute atomic E-state index is 0.0245. The smallest absolute Gasteiger partial charge is 0.344 e. The lowest BCUT2D eigenvalue weighted by Crippen LogP contribution is -2.14. The van der Waals surface area contributed by atoms with Crippen LogP contribution in [-0.2, 0) is 4.74 Å². The molecule has 0 N–H and O–H groups in total. The molecule has 0 bridgehead atoms. The molecular formula is C20H15NO6. The van der Waals surface area contributed by atoms with Crippen LogP contribution < -0.4 is 4.74 Å². The van der Waals surface area contributed by atoms with E-state index in [9.17, 15) is 19.7 Å². The number of rotatable bonds is 4. The number of nitrogens with zero attached hydrogens (tertiary/aromatic N) is 1. The molecule has 3 aromatic rings. The second-order valence-electron chi connectivity index (χ2n) is 5.78. The summed E-state index contributed by atoms with van der Waals surface area (Å²) in [5.74, 6) is -1.42. The molecule has 0 aromatic heterocycles. The van der Waals surface area contributed by atoms with Gasteiger partial charge in [0.25, 0.3) is 5.69 Å². The van der Waals surface area contributed by atoms with Crippen molar-refractivity contribution in [2.24, 2.45) is 0 Å². The first-order chi connectivity index (χ1) is 12.9. The number of nitro groups is 1. The zero-order valence-electron chi connectivity index (χ0n) is 14.6. The number of benzene rings is 3. The average molecular weight is 365 g/mol. The van der Waals surface area contributed by atoms with E-state index in [0.29, 0.717) is 0 Å². The molecule has 0 aliphatic rings. The number of fused-ring (bicyclic) bond motifs is 1. The highest BCUT2D eigenvalue weighted by Gasteiger charge is 2.22. The quantitative estimate of drug-likeness (QED) is 0.299. The van der Waals surface area contributed by atoms with Gasteiger partial charge in [-0.25, -0.2) is 9.59 Å². The van der Waals surface area contributed by atoms with Crippen LogP contribution in [0.1, 0.15) is 26.3 Å².